The van der Waals surface area contributed by atoms with Gasteiger partial charge in [-0.05, 0) is 61.8 Å². The zero-order chi connectivity index (χ0) is 17.0. The average molecular weight is 358 g/mol. The number of nitrogens with one attached hydrogen (secondary N) is 1. The fourth-order valence-electron chi connectivity index (χ4n) is 5.16. The van der Waals surface area contributed by atoms with Crippen LogP contribution in [0, 0.1) is 17.8 Å². The highest BCUT2D eigenvalue weighted by molar-refractivity contribution is 7.18. The minimum Gasteiger partial charge on any atom is -0.458 e. The van der Waals surface area contributed by atoms with Crippen LogP contribution in [0.5, 0.6) is 0 Å². The maximum atomic E-state index is 12.4. The number of rotatable bonds is 4. The van der Waals surface area contributed by atoms with Crippen LogP contribution in [-0.2, 0) is 29.0 Å². The summed E-state index contributed by atoms with van der Waals surface area (Å²) in [5.74, 6) is 2.36. The number of nitrogens with zero attached hydrogens (tertiary/aromatic N) is 1. The Balaban J connectivity index is 1.26. The molecular formula is C19H22N2O3S. The summed E-state index contributed by atoms with van der Waals surface area (Å²) >= 11 is 1.61. The van der Waals surface area contributed by atoms with Crippen LogP contribution in [0.2, 0.25) is 0 Å². The van der Waals surface area contributed by atoms with E-state index in [1.807, 2.05) is 0 Å². The number of fused-ring (bicyclic) bond motifs is 5. The molecule has 2 saturated carbocycles. The second-order valence-electron chi connectivity index (χ2n) is 7.85. The number of aromatic amines is 1. The first-order valence-corrected chi connectivity index (χ1v) is 10.2. The molecule has 5 nitrogen and oxygen atoms in total. The minimum atomic E-state index is -0.158. The van der Waals surface area contributed by atoms with Crippen LogP contribution in [0.15, 0.2) is 4.79 Å². The van der Waals surface area contributed by atoms with Gasteiger partial charge in [0.15, 0.2) is 0 Å². The van der Waals surface area contributed by atoms with Gasteiger partial charge in [-0.15, -0.1) is 11.3 Å². The van der Waals surface area contributed by atoms with Gasteiger partial charge in [-0.25, -0.2) is 4.98 Å². The predicted molar refractivity (Wildman–Crippen MR) is 95.6 cm³/mol. The first kappa shape index (κ1) is 15.6. The number of aromatic nitrogens is 2. The Hall–Kier alpha value is -1.69. The number of ether oxygens (including phenoxy) is 1. The van der Waals surface area contributed by atoms with E-state index in [9.17, 15) is 9.59 Å². The van der Waals surface area contributed by atoms with Gasteiger partial charge in [-0.3, -0.25) is 9.59 Å². The van der Waals surface area contributed by atoms with Crippen molar-refractivity contribution in [2.75, 3.05) is 0 Å². The molecule has 0 radical (unpaired) electrons. The second kappa shape index (κ2) is 5.94. The Bertz CT molecular complexity index is 900. The highest BCUT2D eigenvalue weighted by atomic mass is 32.1. The van der Waals surface area contributed by atoms with E-state index in [-0.39, 0.29) is 18.1 Å². The summed E-state index contributed by atoms with van der Waals surface area (Å²) in [7, 11) is 0. The quantitative estimate of drug-likeness (QED) is 0.851. The van der Waals surface area contributed by atoms with Crippen molar-refractivity contribution in [3.63, 3.8) is 0 Å². The van der Waals surface area contributed by atoms with E-state index in [4.69, 9.17) is 4.74 Å². The molecule has 0 saturated heterocycles. The molecule has 2 aromatic rings. The van der Waals surface area contributed by atoms with Crippen molar-refractivity contribution < 1.29 is 9.53 Å². The summed E-state index contributed by atoms with van der Waals surface area (Å²) in [6.07, 6.45) is 8.75. The molecule has 2 heterocycles. The second-order valence-corrected chi connectivity index (χ2v) is 8.93. The first-order valence-electron chi connectivity index (χ1n) is 9.36. The topological polar surface area (TPSA) is 72.0 Å². The minimum absolute atomic E-state index is 0.0629. The SMILES string of the molecule is O=C(C[C@H]1C[C@@H]2CC[C@@H]1C2)OCc1nc2sc3c(c2c(=O)[nH]1)CCC3. The van der Waals surface area contributed by atoms with Crippen molar-refractivity contribution in [2.45, 2.75) is 58.0 Å². The molecule has 3 aliphatic carbocycles. The molecule has 0 unspecified atom stereocenters. The molecule has 2 fully saturated rings. The van der Waals surface area contributed by atoms with E-state index in [1.54, 1.807) is 11.3 Å². The normalized spacial score (nSPS) is 27.1. The predicted octanol–water partition coefficient (Wildman–Crippen LogP) is 3.34. The van der Waals surface area contributed by atoms with E-state index in [0.717, 1.165) is 41.3 Å². The Labute approximate surface area is 149 Å². The maximum Gasteiger partial charge on any atom is 0.306 e. The average Bonchev–Trinajstić information content (AvgIpc) is 3.32. The van der Waals surface area contributed by atoms with Crippen LogP contribution in [0.3, 0.4) is 0 Å². The van der Waals surface area contributed by atoms with E-state index >= 15 is 0 Å². The largest absolute Gasteiger partial charge is 0.458 e. The fraction of sp³-hybridized carbons (Fsp3) is 0.632. The van der Waals surface area contributed by atoms with E-state index in [0.29, 0.717) is 18.2 Å². The lowest BCUT2D eigenvalue weighted by atomic mass is 9.86. The van der Waals surface area contributed by atoms with Gasteiger partial charge in [-0.2, -0.15) is 0 Å². The lowest BCUT2D eigenvalue weighted by Crippen LogP contribution is -2.18. The molecule has 25 heavy (non-hydrogen) atoms. The van der Waals surface area contributed by atoms with Crippen LogP contribution in [0.1, 0.15) is 54.8 Å². The van der Waals surface area contributed by atoms with Gasteiger partial charge >= 0.3 is 5.97 Å². The summed E-state index contributed by atoms with van der Waals surface area (Å²) in [4.78, 5) is 34.0. The summed E-state index contributed by atoms with van der Waals surface area (Å²) in [6.45, 7) is 0.0629. The van der Waals surface area contributed by atoms with Crippen LogP contribution < -0.4 is 5.56 Å². The van der Waals surface area contributed by atoms with Gasteiger partial charge in [0.2, 0.25) is 0 Å². The lowest BCUT2D eigenvalue weighted by Gasteiger charge is -2.20. The molecule has 3 atom stereocenters. The summed E-state index contributed by atoms with van der Waals surface area (Å²) in [5, 5.41) is 0.745. The third kappa shape index (κ3) is 2.71. The molecule has 3 aliphatic rings. The van der Waals surface area contributed by atoms with Crippen molar-refractivity contribution in [1.29, 1.82) is 0 Å². The summed E-state index contributed by atoms with van der Waals surface area (Å²) in [6, 6.07) is 0. The molecule has 5 rings (SSSR count). The zero-order valence-electron chi connectivity index (χ0n) is 14.2. The Morgan fingerprint density at radius 3 is 3.00 bits per heavy atom. The van der Waals surface area contributed by atoms with Crippen molar-refractivity contribution in [2.24, 2.45) is 17.8 Å². The van der Waals surface area contributed by atoms with E-state index in [2.05, 4.69) is 9.97 Å². The molecular weight excluding hydrogens is 336 g/mol. The van der Waals surface area contributed by atoms with E-state index in [1.165, 1.54) is 36.1 Å². The first-order chi connectivity index (χ1) is 12.2. The lowest BCUT2D eigenvalue weighted by molar-refractivity contribution is -0.146. The highest BCUT2D eigenvalue weighted by Gasteiger charge is 2.40. The Morgan fingerprint density at radius 2 is 2.20 bits per heavy atom. The van der Waals surface area contributed by atoms with Crippen molar-refractivity contribution in [3.8, 4) is 0 Å². The van der Waals surface area contributed by atoms with Gasteiger partial charge in [0.25, 0.3) is 5.56 Å². The maximum absolute atomic E-state index is 12.4. The summed E-state index contributed by atoms with van der Waals surface area (Å²) in [5.41, 5.74) is 1.08. The van der Waals surface area contributed by atoms with Crippen LogP contribution in [0.25, 0.3) is 10.2 Å². The van der Waals surface area contributed by atoms with Crippen molar-refractivity contribution in [1.82, 2.24) is 9.97 Å². The molecule has 0 aliphatic heterocycles. The number of esters is 1. The third-order valence-corrected chi connectivity index (χ3v) is 7.49. The van der Waals surface area contributed by atoms with Crippen LogP contribution in [-0.4, -0.2) is 15.9 Å². The molecule has 0 aromatic carbocycles. The molecule has 132 valence electrons. The Kier molecular flexibility index (Phi) is 3.69. The fourth-order valence-corrected chi connectivity index (χ4v) is 6.44. The van der Waals surface area contributed by atoms with Gasteiger partial charge in [0.05, 0.1) is 5.39 Å². The number of hydrogen-bond donors (Lipinski definition) is 1. The molecule has 2 aromatic heterocycles. The standard InChI is InChI=1S/C19H22N2O3S/c22-16(8-12-7-10-4-5-11(12)6-10)24-9-15-20-18(23)17-13-2-1-3-14(13)25-19(17)21-15/h10-12H,1-9H2,(H,20,21,23)/t10-,11-,12-/m1/s1. The van der Waals surface area contributed by atoms with Crippen molar-refractivity contribution >= 4 is 27.5 Å². The number of H-pyrrole nitrogens is 1. The number of aryl methyl sites for hydroxylation is 2. The molecule has 0 amide bonds. The molecule has 6 heteroatoms. The molecule has 1 N–H and O–H groups in total. The number of carbonyl (C=O) groups is 1. The van der Waals surface area contributed by atoms with E-state index < -0.39 is 0 Å². The number of thiophene rings is 1. The number of carbonyl (C=O) groups excluding carboxylic acids is 1. The Morgan fingerprint density at radius 1 is 1.28 bits per heavy atom. The molecule has 2 bridgehead atoms. The zero-order valence-corrected chi connectivity index (χ0v) is 15.0. The smallest absolute Gasteiger partial charge is 0.306 e. The third-order valence-electron chi connectivity index (χ3n) is 6.31. The molecule has 0 spiro atoms. The van der Waals surface area contributed by atoms with Gasteiger partial charge in [-0.1, -0.05) is 6.42 Å². The van der Waals surface area contributed by atoms with Gasteiger partial charge in [0.1, 0.15) is 17.3 Å². The van der Waals surface area contributed by atoms with Gasteiger partial charge < -0.3 is 9.72 Å². The highest BCUT2D eigenvalue weighted by Crippen LogP contribution is 2.49. The summed E-state index contributed by atoms with van der Waals surface area (Å²) < 4.78 is 5.41. The van der Waals surface area contributed by atoms with Crippen molar-refractivity contribution in [3.05, 3.63) is 26.6 Å². The monoisotopic (exact) mass is 358 g/mol. The van der Waals surface area contributed by atoms with Gasteiger partial charge in [0, 0.05) is 11.3 Å². The van der Waals surface area contributed by atoms with Crippen LogP contribution in [0.4, 0.5) is 0 Å². The van der Waals surface area contributed by atoms with Crippen LogP contribution >= 0.6 is 11.3 Å². The number of hydrogen-bond acceptors (Lipinski definition) is 5.